The van der Waals surface area contributed by atoms with Gasteiger partial charge in [0.2, 0.25) is 0 Å². The molecule has 0 saturated heterocycles. The second kappa shape index (κ2) is 5.02. The van der Waals surface area contributed by atoms with Gasteiger partial charge >= 0.3 is 0 Å². The van der Waals surface area contributed by atoms with Gasteiger partial charge in [0.25, 0.3) is 0 Å². The van der Waals surface area contributed by atoms with Gasteiger partial charge in [-0.2, -0.15) is 0 Å². The van der Waals surface area contributed by atoms with Crippen LogP contribution in [0.4, 0.5) is 0 Å². The van der Waals surface area contributed by atoms with E-state index in [-0.39, 0.29) is 0 Å². The summed E-state index contributed by atoms with van der Waals surface area (Å²) in [4.78, 5) is 0. The SMILES string of the molecule is CC(C)CNCCc1nnc(C2CC2(C)C)s1. The van der Waals surface area contributed by atoms with E-state index in [9.17, 15) is 0 Å². The van der Waals surface area contributed by atoms with Crippen molar-refractivity contribution in [2.75, 3.05) is 13.1 Å². The summed E-state index contributed by atoms with van der Waals surface area (Å²) in [6, 6.07) is 0. The minimum absolute atomic E-state index is 0.465. The quantitative estimate of drug-likeness (QED) is 0.792. The summed E-state index contributed by atoms with van der Waals surface area (Å²) in [7, 11) is 0. The maximum Gasteiger partial charge on any atom is 0.121 e. The number of nitrogens with one attached hydrogen (secondary N) is 1. The lowest BCUT2D eigenvalue weighted by molar-refractivity contribution is 0.553. The largest absolute Gasteiger partial charge is 0.316 e. The first-order chi connectivity index (χ1) is 7.99. The Kier molecular flexibility index (Phi) is 3.83. The Hall–Kier alpha value is -0.480. The summed E-state index contributed by atoms with van der Waals surface area (Å²) in [5.74, 6) is 1.38. The van der Waals surface area contributed by atoms with Crippen molar-refractivity contribution in [2.24, 2.45) is 11.3 Å². The molecular formula is C13H23N3S. The maximum absolute atomic E-state index is 4.33. The number of aromatic nitrogens is 2. The van der Waals surface area contributed by atoms with Crippen LogP contribution in [0.3, 0.4) is 0 Å². The molecule has 1 fully saturated rings. The summed E-state index contributed by atoms with van der Waals surface area (Å²) in [5.41, 5.74) is 0.465. The van der Waals surface area contributed by atoms with Gasteiger partial charge in [-0.05, 0) is 24.3 Å². The highest BCUT2D eigenvalue weighted by Crippen LogP contribution is 2.58. The molecule has 0 spiro atoms. The van der Waals surface area contributed by atoms with E-state index in [2.05, 4.69) is 43.2 Å². The van der Waals surface area contributed by atoms with E-state index in [0.717, 1.165) is 19.5 Å². The Bertz CT molecular complexity index is 370. The lowest BCUT2D eigenvalue weighted by atomic mass is 10.1. The van der Waals surface area contributed by atoms with Gasteiger partial charge in [0.05, 0.1) is 0 Å². The summed E-state index contributed by atoms with van der Waals surface area (Å²) < 4.78 is 0. The van der Waals surface area contributed by atoms with Crippen molar-refractivity contribution in [2.45, 2.75) is 46.5 Å². The molecule has 0 aromatic carbocycles. The van der Waals surface area contributed by atoms with Gasteiger partial charge in [-0.1, -0.05) is 27.7 Å². The summed E-state index contributed by atoms with van der Waals surface area (Å²) in [5, 5.41) is 14.5. The molecule has 0 radical (unpaired) electrons. The zero-order valence-corrected chi connectivity index (χ0v) is 12.1. The zero-order valence-electron chi connectivity index (χ0n) is 11.3. The second-order valence-corrected chi connectivity index (χ2v) is 7.22. The molecular weight excluding hydrogens is 230 g/mol. The average Bonchev–Trinajstić information content (AvgIpc) is 2.71. The van der Waals surface area contributed by atoms with Crippen LogP contribution < -0.4 is 5.32 Å². The van der Waals surface area contributed by atoms with Crippen molar-refractivity contribution >= 4 is 11.3 Å². The third-order valence-corrected chi connectivity index (χ3v) is 4.46. The molecule has 0 amide bonds. The standard InChI is InChI=1S/C13H23N3S/c1-9(2)8-14-6-5-11-15-16-12(17-11)10-7-13(10,3)4/h9-10,14H,5-8H2,1-4H3. The average molecular weight is 253 g/mol. The summed E-state index contributed by atoms with van der Waals surface area (Å²) in [6.07, 6.45) is 2.28. The van der Waals surface area contributed by atoms with Crippen LogP contribution in [0.15, 0.2) is 0 Å². The molecule has 1 saturated carbocycles. The molecule has 1 unspecified atom stereocenters. The van der Waals surface area contributed by atoms with Crippen LogP contribution in [0.2, 0.25) is 0 Å². The van der Waals surface area contributed by atoms with Gasteiger partial charge < -0.3 is 5.32 Å². The van der Waals surface area contributed by atoms with E-state index in [1.807, 2.05) is 0 Å². The predicted octanol–water partition coefficient (Wildman–Crippen LogP) is 2.84. The third kappa shape index (κ3) is 3.49. The highest BCUT2D eigenvalue weighted by molar-refractivity contribution is 7.11. The first kappa shape index (κ1) is 13.0. The van der Waals surface area contributed by atoms with Crippen LogP contribution in [0.5, 0.6) is 0 Å². The van der Waals surface area contributed by atoms with Crippen LogP contribution in [-0.2, 0) is 6.42 Å². The minimum atomic E-state index is 0.465. The summed E-state index contributed by atoms with van der Waals surface area (Å²) in [6.45, 7) is 11.2. The van der Waals surface area contributed by atoms with Gasteiger partial charge in [0.15, 0.2) is 0 Å². The van der Waals surface area contributed by atoms with Crippen LogP contribution in [0, 0.1) is 11.3 Å². The van der Waals surface area contributed by atoms with Gasteiger partial charge in [-0.15, -0.1) is 21.5 Å². The van der Waals surface area contributed by atoms with Crippen molar-refractivity contribution in [3.05, 3.63) is 10.0 Å². The second-order valence-electron chi connectivity index (χ2n) is 6.13. The Morgan fingerprint density at radius 2 is 2.12 bits per heavy atom. The molecule has 4 heteroatoms. The molecule has 3 nitrogen and oxygen atoms in total. The molecule has 0 bridgehead atoms. The fourth-order valence-electron chi connectivity index (χ4n) is 1.98. The molecule has 1 aromatic rings. The Labute approximate surface area is 108 Å². The number of hydrogen-bond acceptors (Lipinski definition) is 4. The molecule has 1 heterocycles. The summed E-state index contributed by atoms with van der Waals surface area (Å²) >= 11 is 1.80. The van der Waals surface area contributed by atoms with Crippen molar-refractivity contribution in [1.82, 2.24) is 15.5 Å². The van der Waals surface area contributed by atoms with Crippen molar-refractivity contribution in [3.63, 3.8) is 0 Å². The van der Waals surface area contributed by atoms with E-state index in [4.69, 9.17) is 0 Å². The lowest BCUT2D eigenvalue weighted by Gasteiger charge is -2.05. The van der Waals surface area contributed by atoms with E-state index in [0.29, 0.717) is 17.3 Å². The fraction of sp³-hybridized carbons (Fsp3) is 0.846. The molecule has 1 aliphatic carbocycles. The number of rotatable bonds is 6. The lowest BCUT2D eigenvalue weighted by Crippen LogP contribution is -2.22. The zero-order chi connectivity index (χ0) is 12.5. The smallest absolute Gasteiger partial charge is 0.121 e. The Balaban J connectivity index is 1.75. The maximum atomic E-state index is 4.33. The van der Waals surface area contributed by atoms with Crippen LogP contribution in [-0.4, -0.2) is 23.3 Å². The van der Waals surface area contributed by atoms with E-state index < -0.39 is 0 Å². The van der Waals surface area contributed by atoms with Crippen molar-refractivity contribution < 1.29 is 0 Å². The van der Waals surface area contributed by atoms with E-state index >= 15 is 0 Å². The molecule has 1 aliphatic rings. The van der Waals surface area contributed by atoms with E-state index in [1.54, 1.807) is 11.3 Å². The number of hydrogen-bond donors (Lipinski definition) is 1. The Morgan fingerprint density at radius 1 is 1.41 bits per heavy atom. The van der Waals surface area contributed by atoms with Crippen LogP contribution in [0.1, 0.15) is 50.0 Å². The first-order valence-electron chi connectivity index (χ1n) is 6.52. The topological polar surface area (TPSA) is 37.8 Å². The molecule has 1 atom stereocenters. The van der Waals surface area contributed by atoms with Crippen LogP contribution >= 0.6 is 11.3 Å². The minimum Gasteiger partial charge on any atom is -0.316 e. The van der Waals surface area contributed by atoms with Crippen molar-refractivity contribution in [3.8, 4) is 0 Å². The predicted molar refractivity (Wildman–Crippen MR) is 72.5 cm³/mol. The fourth-order valence-corrected chi connectivity index (χ4v) is 3.14. The molecule has 1 N–H and O–H groups in total. The monoisotopic (exact) mass is 253 g/mol. The molecule has 2 rings (SSSR count). The van der Waals surface area contributed by atoms with Gasteiger partial charge in [0.1, 0.15) is 10.0 Å². The molecule has 96 valence electrons. The van der Waals surface area contributed by atoms with E-state index in [1.165, 1.54) is 16.4 Å². The molecule has 17 heavy (non-hydrogen) atoms. The number of nitrogens with zero attached hydrogens (tertiary/aromatic N) is 2. The van der Waals surface area contributed by atoms with Gasteiger partial charge in [-0.3, -0.25) is 0 Å². The Morgan fingerprint density at radius 3 is 2.71 bits per heavy atom. The first-order valence-corrected chi connectivity index (χ1v) is 7.33. The normalized spacial score (nSPS) is 22.1. The third-order valence-electron chi connectivity index (χ3n) is 3.36. The highest BCUT2D eigenvalue weighted by Gasteiger charge is 2.48. The van der Waals surface area contributed by atoms with Gasteiger partial charge in [-0.25, -0.2) is 0 Å². The molecule has 0 aliphatic heterocycles. The molecule has 1 aromatic heterocycles. The van der Waals surface area contributed by atoms with Crippen molar-refractivity contribution in [1.29, 1.82) is 0 Å². The highest BCUT2D eigenvalue weighted by atomic mass is 32.1. The van der Waals surface area contributed by atoms with Gasteiger partial charge in [0, 0.05) is 18.9 Å². The van der Waals surface area contributed by atoms with Crippen LogP contribution in [0.25, 0.3) is 0 Å².